The number of carbonyl (C=O) groups excluding carboxylic acids is 2. The summed E-state index contributed by atoms with van der Waals surface area (Å²) in [5.74, 6) is 0.112. The van der Waals surface area contributed by atoms with E-state index in [1.165, 1.54) is 25.0 Å². The molecule has 0 bridgehead atoms. The van der Waals surface area contributed by atoms with Crippen molar-refractivity contribution >= 4 is 11.8 Å². The topological polar surface area (TPSA) is 52.7 Å². The Morgan fingerprint density at radius 3 is 2.25 bits per heavy atom. The number of nitrogens with zero attached hydrogens (tertiary/aromatic N) is 2. The number of carbonyl (C=O) groups is 2. The first-order valence-corrected chi connectivity index (χ1v) is 10.6. The molecule has 28 heavy (non-hydrogen) atoms. The van der Waals surface area contributed by atoms with Crippen LogP contribution in [0.25, 0.3) is 0 Å². The lowest BCUT2D eigenvalue weighted by Gasteiger charge is -2.36. The molecule has 1 atom stereocenters. The van der Waals surface area contributed by atoms with Crippen LogP contribution in [-0.2, 0) is 16.1 Å². The maximum Gasteiger partial charge on any atom is 0.237 e. The van der Waals surface area contributed by atoms with Gasteiger partial charge in [0.1, 0.15) is 5.82 Å². The Hall–Kier alpha value is -1.95. The van der Waals surface area contributed by atoms with Gasteiger partial charge in [0.05, 0.1) is 6.04 Å². The molecule has 2 saturated heterocycles. The third-order valence-corrected chi connectivity index (χ3v) is 6.10. The minimum absolute atomic E-state index is 0.0263. The number of piperidine rings is 1. The fraction of sp³-hybridized carbons (Fsp3) is 0.636. The Labute approximate surface area is 167 Å². The minimum Gasteiger partial charge on any atom is -0.351 e. The zero-order chi connectivity index (χ0) is 19.9. The van der Waals surface area contributed by atoms with E-state index in [1.807, 2.05) is 6.92 Å². The highest BCUT2D eigenvalue weighted by atomic mass is 19.1. The van der Waals surface area contributed by atoms with Crippen LogP contribution in [0, 0.1) is 11.7 Å². The van der Waals surface area contributed by atoms with E-state index in [-0.39, 0.29) is 23.7 Å². The predicted octanol–water partition coefficient (Wildman–Crippen LogP) is 2.95. The van der Waals surface area contributed by atoms with E-state index >= 15 is 0 Å². The van der Waals surface area contributed by atoms with Gasteiger partial charge in [0.15, 0.2) is 0 Å². The Morgan fingerprint density at radius 1 is 1.04 bits per heavy atom. The van der Waals surface area contributed by atoms with Gasteiger partial charge in [0.25, 0.3) is 0 Å². The Morgan fingerprint density at radius 2 is 1.64 bits per heavy atom. The second-order valence-electron chi connectivity index (χ2n) is 8.07. The summed E-state index contributed by atoms with van der Waals surface area (Å²) in [4.78, 5) is 29.5. The van der Waals surface area contributed by atoms with Crippen molar-refractivity contribution in [3.05, 3.63) is 35.6 Å². The monoisotopic (exact) mass is 389 g/mol. The molecule has 0 spiro atoms. The van der Waals surface area contributed by atoms with Gasteiger partial charge in [0, 0.05) is 25.6 Å². The Kier molecular flexibility index (Phi) is 7.43. The second kappa shape index (κ2) is 10.0. The first-order chi connectivity index (χ1) is 13.5. The van der Waals surface area contributed by atoms with Gasteiger partial charge < -0.3 is 10.2 Å². The number of hydrogen-bond donors (Lipinski definition) is 1. The molecule has 0 aromatic heterocycles. The van der Waals surface area contributed by atoms with Gasteiger partial charge in [-0.2, -0.15) is 0 Å². The normalized spacial score (nSPS) is 20.4. The lowest BCUT2D eigenvalue weighted by atomic mass is 9.94. The molecule has 0 saturated carbocycles. The molecule has 154 valence electrons. The van der Waals surface area contributed by atoms with Crippen LogP contribution in [0.2, 0.25) is 0 Å². The Bertz CT molecular complexity index is 648. The van der Waals surface area contributed by atoms with E-state index < -0.39 is 0 Å². The van der Waals surface area contributed by atoms with E-state index in [1.54, 1.807) is 12.1 Å². The lowest BCUT2D eigenvalue weighted by molar-refractivity contribution is -0.137. The number of halogens is 1. The largest absolute Gasteiger partial charge is 0.351 e. The van der Waals surface area contributed by atoms with Gasteiger partial charge in [-0.05, 0) is 63.4 Å². The first kappa shape index (κ1) is 20.8. The third kappa shape index (κ3) is 5.53. The summed E-state index contributed by atoms with van der Waals surface area (Å²) in [5, 5.41) is 2.93. The van der Waals surface area contributed by atoms with Crippen LogP contribution >= 0.6 is 0 Å². The molecule has 2 aliphatic rings. The van der Waals surface area contributed by atoms with Crippen LogP contribution in [0.3, 0.4) is 0 Å². The fourth-order valence-electron chi connectivity index (χ4n) is 4.19. The van der Waals surface area contributed by atoms with E-state index in [4.69, 9.17) is 0 Å². The van der Waals surface area contributed by atoms with E-state index in [0.29, 0.717) is 12.5 Å². The number of benzene rings is 1. The number of hydrogen-bond acceptors (Lipinski definition) is 3. The summed E-state index contributed by atoms with van der Waals surface area (Å²) in [6.45, 7) is 5.66. The molecule has 6 heteroatoms. The summed E-state index contributed by atoms with van der Waals surface area (Å²) in [7, 11) is 0. The Balaban J connectivity index is 1.43. The molecular weight excluding hydrogens is 357 g/mol. The molecule has 5 nitrogen and oxygen atoms in total. The maximum absolute atomic E-state index is 13.0. The number of likely N-dealkylation sites (tertiary alicyclic amines) is 2. The van der Waals surface area contributed by atoms with Gasteiger partial charge in [-0.15, -0.1) is 0 Å². The molecule has 2 fully saturated rings. The molecule has 1 unspecified atom stereocenters. The summed E-state index contributed by atoms with van der Waals surface area (Å²) >= 11 is 0. The summed E-state index contributed by atoms with van der Waals surface area (Å²) in [6, 6.07) is 5.93. The van der Waals surface area contributed by atoms with Gasteiger partial charge in [-0.25, -0.2) is 4.39 Å². The number of amides is 2. The van der Waals surface area contributed by atoms with Crippen LogP contribution in [0.1, 0.15) is 51.0 Å². The van der Waals surface area contributed by atoms with Crippen molar-refractivity contribution in [3.63, 3.8) is 0 Å². The molecule has 1 N–H and O–H groups in total. The van der Waals surface area contributed by atoms with Gasteiger partial charge in [0.2, 0.25) is 11.8 Å². The van der Waals surface area contributed by atoms with Gasteiger partial charge >= 0.3 is 0 Å². The zero-order valence-electron chi connectivity index (χ0n) is 16.8. The van der Waals surface area contributed by atoms with E-state index in [2.05, 4.69) is 15.1 Å². The molecule has 1 aromatic rings. The van der Waals surface area contributed by atoms with Crippen molar-refractivity contribution in [3.8, 4) is 0 Å². The summed E-state index contributed by atoms with van der Waals surface area (Å²) < 4.78 is 13.0. The second-order valence-corrected chi connectivity index (χ2v) is 8.07. The van der Waals surface area contributed by atoms with Gasteiger partial charge in [-0.3, -0.25) is 14.5 Å². The number of rotatable bonds is 5. The van der Waals surface area contributed by atoms with Crippen LogP contribution in [0.15, 0.2) is 24.3 Å². The van der Waals surface area contributed by atoms with Crippen molar-refractivity contribution in [2.24, 2.45) is 5.92 Å². The zero-order valence-corrected chi connectivity index (χ0v) is 16.8. The molecule has 0 aliphatic carbocycles. The highest BCUT2D eigenvalue weighted by Crippen LogP contribution is 2.23. The van der Waals surface area contributed by atoms with Crippen LogP contribution in [0.5, 0.6) is 0 Å². The molecular formula is C22H32FN3O2. The molecule has 2 amide bonds. The van der Waals surface area contributed by atoms with Crippen LogP contribution < -0.4 is 5.32 Å². The van der Waals surface area contributed by atoms with E-state index in [0.717, 1.165) is 57.4 Å². The van der Waals surface area contributed by atoms with Crippen molar-refractivity contribution in [1.29, 1.82) is 0 Å². The average Bonchev–Trinajstić information content (AvgIpc) is 3.02. The maximum atomic E-state index is 13.0. The molecule has 2 heterocycles. The lowest BCUT2D eigenvalue weighted by Crippen LogP contribution is -2.50. The van der Waals surface area contributed by atoms with Crippen molar-refractivity contribution in [1.82, 2.24) is 15.1 Å². The minimum atomic E-state index is -0.277. The van der Waals surface area contributed by atoms with Gasteiger partial charge in [-0.1, -0.05) is 25.0 Å². The fourth-order valence-corrected chi connectivity index (χ4v) is 4.19. The molecule has 3 rings (SSSR count). The average molecular weight is 390 g/mol. The molecule has 0 radical (unpaired) electrons. The standard InChI is InChI=1S/C22H32FN3O2/c1-17(21(27)24-16-18-6-8-20(23)9-7-18)25-14-10-19(11-15-25)22(28)26-12-4-2-3-5-13-26/h6-9,17,19H,2-5,10-16H2,1H3,(H,24,27). The SMILES string of the molecule is CC(C(=O)NCc1ccc(F)cc1)N1CCC(C(=O)N2CCCCCC2)CC1. The summed E-state index contributed by atoms with van der Waals surface area (Å²) in [5.41, 5.74) is 0.878. The van der Waals surface area contributed by atoms with Crippen molar-refractivity contribution < 1.29 is 14.0 Å². The van der Waals surface area contributed by atoms with Crippen LogP contribution in [0.4, 0.5) is 4.39 Å². The van der Waals surface area contributed by atoms with E-state index in [9.17, 15) is 14.0 Å². The highest BCUT2D eigenvalue weighted by Gasteiger charge is 2.31. The summed E-state index contributed by atoms with van der Waals surface area (Å²) in [6.07, 6.45) is 6.35. The third-order valence-electron chi connectivity index (χ3n) is 6.10. The predicted molar refractivity (Wildman–Crippen MR) is 107 cm³/mol. The quantitative estimate of drug-likeness (QED) is 0.842. The first-order valence-electron chi connectivity index (χ1n) is 10.6. The van der Waals surface area contributed by atoms with Crippen molar-refractivity contribution in [2.75, 3.05) is 26.2 Å². The number of nitrogens with one attached hydrogen (secondary N) is 1. The van der Waals surface area contributed by atoms with Crippen LogP contribution in [-0.4, -0.2) is 53.8 Å². The highest BCUT2D eigenvalue weighted by molar-refractivity contribution is 5.81. The van der Waals surface area contributed by atoms with Crippen molar-refractivity contribution in [2.45, 2.75) is 58.0 Å². The molecule has 2 aliphatic heterocycles. The molecule has 1 aromatic carbocycles. The smallest absolute Gasteiger partial charge is 0.237 e.